The Kier molecular flexibility index (Phi) is 7.51. The monoisotopic (exact) mass is 500 g/mol. The summed E-state index contributed by atoms with van der Waals surface area (Å²) in [4.78, 5) is 13.1. The molecule has 1 N–H and O–H groups in total. The van der Waals surface area contributed by atoms with E-state index in [1.165, 1.54) is 0 Å². The molecule has 0 saturated heterocycles. The number of amides is 1. The summed E-state index contributed by atoms with van der Waals surface area (Å²) in [6.07, 6.45) is 0.692. The molecule has 0 bridgehead atoms. The van der Waals surface area contributed by atoms with Gasteiger partial charge >= 0.3 is 0 Å². The van der Waals surface area contributed by atoms with E-state index in [2.05, 4.69) is 21.2 Å². The molecule has 5 nitrogen and oxygen atoms in total. The molecule has 0 unspecified atom stereocenters. The molecule has 0 spiro atoms. The van der Waals surface area contributed by atoms with Gasteiger partial charge in [-0.25, -0.2) is 8.42 Å². The fourth-order valence-electron chi connectivity index (χ4n) is 3.26. The molecule has 0 aromatic heterocycles. The van der Waals surface area contributed by atoms with Gasteiger partial charge in [0.05, 0.1) is 16.6 Å². The van der Waals surface area contributed by atoms with Crippen molar-refractivity contribution in [3.8, 4) is 0 Å². The Labute approximate surface area is 192 Å². The van der Waals surface area contributed by atoms with Crippen LogP contribution in [-0.2, 0) is 14.8 Å². The zero-order chi connectivity index (χ0) is 22.4. The molecular weight excluding hydrogens is 476 g/mol. The number of carbonyl (C=O) groups excluding carboxylic acids is 1. The minimum Gasteiger partial charge on any atom is -0.348 e. The van der Waals surface area contributed by atoms with Crippen molar-refractivity contribution in [3.05, 3.63) is 94.5 Å². The minimum absolute atomic E-state index is 0.140. The van der Waals surface area contributed by atoms with Gasteiger partial charge < -0.3 is 5.32 Å². The van der Waals surface area contributed by atoms with Crippen molar-refractivity contribution in [1.82, 2.24) is 5.32 Å². The van der Waals surface area contributed by atoms with Gasteiger partial charge in [0.1, 0.15) is 6.54 Å². The van der Waals surface area contributed by atoms with Crippen molar-refractivity contribution in [3.63, 3.8) is 0 Å². The molecule has 162 valence electrons. The van der Waals surface area contributed by atoms with Crippen LogP contribution in [0.2, 0.25) is 0 Å². The molecule has 3 aromatic carbocycles. The van der Waals surface area contributed by atoms with Crippen LogP contribution in [0.3, 0.4) is 0 Å². The number of sulfonamides is 1. The third kappa shape index (κ3) is 5.74. The van der Waals surface area contributed by atoms with E-state index in [1.54, 1.807) is 42.5 Å². The first-order valence-electron chi connectivity index (χ1n) is 10.0. The molecule has 0 heterocycles. The molecule has 0 aliphatic carbocycles. The fourth-order valence-corrected chi connectivity index (χ4v) is 5.06. The summed E-state index contributed by atoms with van der Waals surface area (Å²) in [7, 11) is -3.94. The van der Waals surface area contributed by atoms with Gasteiger partial charge in [0.15, 0.2) is 0 Å². The number of nitrogens with zero attached hydrogens (tertiary/aromatic N) is 1. The lowest BCUT2D eigenvalue weighted by molar-refractivity contribution is -0.120. The topological polar surface area (TPSA) is 66.5 Å². The molecule has 3 aromatic rings. The van der Waals surface area contributed by atoms with Crippen molar-refractivity contribution < 1.29 is 13.2 Å². The van der Waals surface area contributed by atoms with Crippen LogP contribution < -0.4 is 9.62 Å². The number of rotatable bonds is 8. The lowest BCUT2D eigenvalue weighted by Gasteiger charge is -2.26. The number of hydrogen-bond acceptors (Lipinski definition) is 3. The highest BCUT2D eigenvalue weighted by Gasteiger charge is 2.28. The first-order chi connectivity index (χ1) is 14.8. The van der Waals surface area contributed by atoms with E-state index >= 15 is 0 Å². The predicted molar refractivity (Wildman–Crippen MR) is 127 cm³/mol. The smallest absolute Gasteiger partial charge is 0.264 e. The predicted octanol–water partition coefficient (Wildman–Crippen LogP) is 5.22. The third-order valence-electron chi connectivity index (χ3n) is 4.94. The summed E-state index contributed by atoms with van der Waals surface area (Å²) >= 11 is 3.39. The molecular formula is C24H25BrN2O3S. The second-order valence-corrected chi connectivity index (χ2v) is 10.0. The number of benzene rings is 3. The maximum Gasteiger partial charge on any atom is 0.264 e. The number of hydrogen-bond donors (Lipinski definition) is 1. The van der Waals surface area contributed by atoms with Crippen LogP contribution in [0.25, 0.3) is 0 Å². The van der Waals surface area contributed by atoms with Crippen molar-refractivity contribution >= 4 is 37.5 Å². The molecule has 0 aliphatic rings. The summed E-state index contributed by atoms with van der Waals surface area (Å²) in [6, 6.07) is 23.0. The fraction of sp³-hybridized carbons (Fsp3) is 0.208. The Bertz CT molecular complexity index is 1130. The first-order valence-corrected chi connectivity index (χ1v) is 12.2. The normalized spacial score (nSPS) is 12.2. The lowest BCUT2D eigenvalue weighted by atomic mass is 10.0. The molecule has 3 rings (SSSR count). The third-order valence-corrected chi connectivity index (χ3v) is 7.22. The second-order valence-electron chi connectivity index (χ2n) is 7.24. The van der Waals surface area contributed by atoms with Crippen molar-refractivity contribution in [2.24, 2.45) is 0 Å². The van der Waals surface area contributed by atoms with E-state index in [9.17, 15) is 13.2 Å². The Hall–Kier alpha value is -2.64. The molecule has 31 heavy (non-hydrogen) atoms. The van der Waals surface area contributed by atoms with Gasteiger partial charge in [0, 0.05) is 4.47 Å². The number of halogens is 1. The highest BCUT2D eigenvalue weighted by Crippen LogP contribution is 2.27. The lowest BCUT2D eigenvalue weighted by Crippen LogP contribution is -2.42. The highest BCUT2D eigenvalue weighted by atomic mass is 79.9. The highest BCUT2D eigenvalue weighted by molar-refractivity contribution is 9.10. The zero-order valence-electron chi connectivity index (χ0n) is 17.5. The van der Waals surface area contributed by atoms with Crippen molar-refractivity contribution in [1.29, 1.82) is 0 Å². The van der Waals surface area contributed by atoms with Crippen molar-refractivity contribution in [2.75, 3.05) is 10.8 Å². The van der Waals surface area contributed by atoms with E-state index < -0.39 is 10.0 Å². The number of anilines is 1. The van der Waals surface area contributed by atoms with Gasteiger partial charge in [-0.1, -0.05) is 76.9 Å². The Morgan fingerprint density at radius 2 is 1.68 bits per heavy atom. The van der Waals surface area contributed by atoms with Gasteiger partial charge in [-0.15, -0.1) is 0 Å². The summed E-state index contributed by atoms with van der Waals surface area (Å²) in [5, 5.41) is 2.97. The average molecular weight is 501 g/mol. The largest absolute Gasteiger partial charge is 0.348 e. The molecule has 0 fully saturated rings. The molecule has 1 amide bonds. The van der Waals surface area contributed by atoms with Crippen LogP contribution in [0.1, 0.15) is 30.5 Å². The number of aryl methyl sites for hydroxylation is 1. The Morgan fingerprint density at radius 1 is 1.00 bits per heavy atom. The molecule has 7 heteroatoms. The van der Waals surface area contributed by atoms with Crippen LogP contribution in [0.5, 0.6) is 0 Å². The van der Waals surface area contributed by atoms with E-state index in [0.29, 0.717) is 12.1 Å². The van der Waals surface area contributed by atoms with Crippen molar-refractivity contribution in [2.45, 2.75) is 31.2 Å². The van der Waals surface area contributed by atoms with Crippen LogP contribution >= 0.6 is 15.9 Å². The SMILES string of the molecule is CC[C@@H](NC(=O)CN(c1cccc(Br)c1)S(=O)(=O)c1ccc(C)cc1)c1ccccc1. The number of nitrogens with one attached hydrogen (secondary N) is 1. The number of carbonyl (C=O) groups is 1. The summed E-state index contributed by atoms with van der Waals surface area (Å²) in [5.74, 6) is -0.369. The maximum atomic E-state index is 13.4. The molecule has 1 atom stereocenters. The average Bonchev–Trinajstić information content (AvgIpc) is 2.76. The summed E-state index contributed by atoms with van der Waals surface area (Å²) in [6.45, 7) is 3.55. The quantitative estimate of drug-likeness (QED) is 0.460. The van der Waals surface area contributed by atoms with Gasteiger partial charge in [-0.2, -0.15) is 0 Å². The molecule has 0 saturated carbocycles. The van der Waals surface area contributed by atoms with Gasteiger partial charge in [-0.05, 0) is 49.2 Å². The van der Waals surface area contributed by atoms with Crippen LogP contribution in [-0.4, -0.2) is 20.9 Å². The Morgan fingerprint density at radius 3 is 2.29 bits per heavy atom. The molecule has 0 aliphatic heterocycles. The van der Waals surface area contributed by atoms with Crippen LogP contribution in [0.15, 0.2) is 88.2 Å². The standard InChI is InChI=1S/C24H25BrN2O3S/c1-3-23(19-8-5-4-6-9-19)26-24(28)17-27(21-11-7-10-20(25)16-21)31(29,30)22-14-12-18(2)13-15-22/h4-16,23H,3,17H2,1-2H3,(H,26,28)/t23-/m1/s1. The van der Waals surface area contributed by atoms with Crippen LogP contribution in [0.4, 0.5) is 5.69 Å². The summed E-state index contributed by atoms with van der Waals surface area (Å²) < 4.78 is 28.8. The first kappa shape index (κ1) is 23.0. The Balaban J connectivity index is 1.91. The van der Waals surface area contributed by atoms with Gasteiger partial charge in [0.25, 0.3) is 10.0 Å². The maximum absolute atomic E-state index is 13.4. The van der Waals surface area contributed by atoms with Gasteiger partial charge in [0.2, 0.25) is 5.91 Å². The van der Waals surface area contributed by atoms with E-state index in [4.69, 9.17) is 0 Å². The van der Waals surface area contributed by atoms with Crippen LogP contribution in [0, 0.1) is 6.92 Å². The summed E-state index contributed by atoms with van der Waals surface area (Å²) in [5.41, 5.74) is 2.35. The molecule has 0 radical (unpaired) electrons. The van der Waals surface area contributed by atoms with E-state index in [0.717, 1.165) is 19.9 Å². The van der Waals surface area contributed by atoms with Gasteiger partial charge in [-0.3, -0.25) is 9.10 Å². The van der Waals surface area contributed by atoms with E-state index in [-0.39, 0.29) is 23.4 Å². The minimum atomic E-state index is -3.94. The zero-order valence-corrected chi connectivity index (χ0v) is 19.9. The second kappa shape index (κ2) is 10.1. The van der Waals surface area contributed by atoms with E-state index in [1.807, 2.05) is 50.2 Å².